The van der Waals surface area contributed by atoms with Crippen molar-refractivity contribution in [1.82, 2.24) is 10.1 Å². The molecular weight excluding hydrogens is 310 g/mol. The van der Waals surface area contributed by atoms with Gasteiger partial charge in [-0.15, -0.1) is 0 Å². The van der Waals surface area contributed by atoms with Gasteiger partial charge in [0.05, 0.1) is 6.04 Å². The summed E-state index contributed by atoms with van der Waals surface area (Å²) in [4.78, 5) is 26.2. The normalized spacial score (nSPS) is 21.0. The zero-order valence-corrected chi connectivity index (χ0v) is 13.8. The average molecular weight is 329 g/mol. The van der Waals surface area contributed by atoms with Gasteiger partial charge >= 0.3 is 0 Å². The molecule has 1 saturated heterocycles. The molecule has 2 heterocycles. The van der Waals surface area contributed by atoms with E-state index in [1.807, 2.05) is 31.2 Å². The molecule has 2 amide bonds. The number of anilines is 1. The highest BCUT2D eigenvalue weighted by molar-refractivity contribution is 5.95. The molecular formula is C17H19N3O4. The second kappa shape index (κ2) is 6.45. The van der Waals surface area contributed by atoms with Crippen LogP contribution < -0.4 is 5.32 Å². The number of morpholine rings is 1. The third-order valence-corrected chi connectivity index (χ3v) is 4.04. The van der Waals surface area contributed by atoms with Gasteiger partial charge in [0.15, 0.2) is 11.9 Å². The molecule has 1 fully saturated rings. The highest BCUT2D eigenvalue weighted by Crippen LogP contribution is 2.30. The summed E-state index contributed by atoms with van der Waals surface area (Å²) < 4.78 is 10.5. The number of likely N-dealkylation sites (N-methyl/N-ethyl adjacent to an activating group) is 1. The maximum Gasteiger partial charge on any atom is 0.257 e. The number of aromatic nitrogens is 1. The molecule has 2 unspecified atom stereocenters. The molecule has 2 atom stereocenters. The van der Waals surface area contributed by atoms with E-state index >= 15 is 0 Å². The van der Waals surface area contributed by atoms with Crippen LogP contribution in [0, 0.1) is 13.8 Å². The largest absolute Gasteiger partial charge is 0.360 e. The summed E-state index contributed by atoms with van der Waals surface area (Å²) in [6.07, 6.45) is -0.826. The number of aryl methyl sites for hydroxylation is 2. The molecule has 2 aromatic rings. The number of nitrogens with one attached hydrogen (secondary N) is 1. The van der Waals surface area contributed by atoms with Crippen molar-refractivity contribution in [2.45, 2.75) is 26.0 Å². The Bertz CT molecular complexity index is 753. The van der Waals surface area contributed by atoms with E-state index in [4.69, 9.17) is 9.26 Å². The second-order valence-corrected chi connectivity index (χ2v) is 5.90. The number of ether oxygens (including phenoxy) is 1. The number of carbonyl (C=O) groups excluding carboxylic acids is 2. The molecule has 126 valence electrons. The lowest BCUT2D eigenvalue weighted by Gasteiger charge is -2.38. The van der Waals surface area contributed by atoms with Gasteiger partial charge in [0, 0.05) is 13.1 Å². The summed E-state index contributed by atoms with van der Waals surface area (Å²) in [5.74, 6) is 0.385. The summed E-state index contributed by atoms with van der Waals surface area (Å²) in [5.41, 5.74) is 1.94. The van der Waals surface area contributed by atoms with Crippen LogP contribution in [0.2, 0.25) is 0 Å². The first-order valence-electron chi connectivity index (χ1n) is 7.63. The number of carbonyl (C=O) groups is 2. The minimum atomic E-state index is -0.826. The van der Waals surface area contributed by atoms with Crippen molar-refractivity contribution in [3.05, 3.63) is 47.2 Å². The average Bonchev–Trinajstić information content (AvgIpc) is 2.96. The number of hydrogen-bond acceptors (Lipinski definition) is 5. The third-order valence-electron chi connectivity index (χ3n) is 4.04. The Morgan fingerprint density at radius 3 is 2.62 bits per heavy atom. The molecule has 1 N–H and O–H groups in total. The molecule has 0 aliphatic carbocycles. The zero-order valence-electron chi connectivity index (χ0n) is 13.8. The standard InChI is InChI=1S/C17H19N3O4/c1-10-4-6-12(7-5-10)15-16(23-9-14(21)20(15)3)17(22)18-13-8-11(2)24-19-13/h4-8,15-16H,9H2,1-3H3,(H,18,19,22). The Morgan fingerprint density at radius 2 is 2.00 bits per heavy atom. The summed E-state index contributed by atoms with van der Waals surface area (Å²) >= 11 is 0. The smallest absolute Gasteiger partial charge is 0.257 e. The van der Waals surface area contributed by atoms with Crippen LogP contribution in [-0.4, -0.2) is 41.6 Å². The number of nitrogens with zero attached hydrogens (tertiary/aromatic N) is 2. The molecule has 0 saturated carbocycles. The molecule has 1 aliphatic rings. The molecule has 1 aromatic heterocycles. The molecule has 24 heavy (non-hydrogen) atoms. The molecule has 7 heteroatoms. The van der Waals surface area contributed by atoms with Gasteiger partial charge in [0.1, 0.15) is 12.4 Å². The topological polar surface area (TPSA) is 84.7 Å². The van der Waals surface area contributed by atoms with Gasteiger partial charge in [0.2, 0.25) is 5.91 Å². The lowest BCUT2D eigenvalue weighted by Crippen LogP contribution is -2.51. The van der Waals surface area contributed by atoms with E-state index in [1.54, 1.807) is 24.9 Å². The van der Waals surface area contributed by atoms with Crippen LogP contribution in [0.3, 0.4) is 0 Å². The summed E-state index contributed by atoms with van der Waals surface area (Å²) in [7, 11) is 1.68. The number of benzene rings is 1. The summed E-state index contributed by atoms with van der Waals surface area (Å²) in [6.45, 7) is 3.59. The van der Waals surface area contributed by atoms with Crippen LogP contribution in [0.5, 0.6) is 0 Å². The van der Waals surface area contributed by atoms with E-state index in [9.17, 15) is 9.59 Å². The SMILES string of the molecule is Cc1ccc(C2C(C(=O)Nc3cc(C)on3)OCC(=O)N2C)cc1. The predicted octanol–water partition coefficient (Wildman–Crippen LogP) is 1.83. The van der Waals surface area contributed by atoms with Crippen molar-refractivity contribution in [3.63, 3.8) is 0 Å². The van der Waals surface area contributed by atoms with Crippen LogP contribution in [0.15, 0.2) is 34.9 Å². The van der Waals surface area contributed by atoms with E-state index in [2.05, 4.69) is 10.5 Å². The Hall–Kier alpha value is -2.67. The maximum absolute atomic E-state index is 12.6. The highest BCUT2D eigenvalue weighted by Gasteiger charge is 2.40. The lowest BCUT2D eigenvalue weighted by molar-refractivity contribution is -0.160. The van der Waals surface area contributed by atoms with Gasteiger partial charge in [-0.25, -0.2) is 0 Å². The monoisotopic (exact) mass is 329 g/mol. The Kier molecular flexibility index (Phi) is 4.35. The maximum atomic E-state index is 12.6. The summed E-state index contributed by atoms with van der Waals surface area (Å²) in [5, 5.41) is 6.42. The van der Waals surface area contributed by atoms with Crippen molar-refractivity contribution >= 4 is 17.6 Å². The Morgan fingerprint density at radius 1 is 1.29 bits per heavy atom. The number of rotatable bonds is 3. The van der Waals surface area contributed by atoms with E-state index in [0.29, 0.717) is 11.6 Å². The Labute approximate surface area is 139 Å². The first-order valence-corrected chi connectivity index (χ1v) is 7.63. The van der Waals surface area contributed by atoms with Crippen molar-refractivity contribution < 1.29 is 18.8 Å². The van der Waals surface area contributed by atoms with E-state index in [0.717, 1.165) is 11.1 Å². The molecule has 7 nitrogen and oxygen atoms in total. The third kappa shape index (κ3) is 3.16. The molecule has 1 aromatic carbocycles. The molecule has 0 radical (unpaired) electrons. The first kappa shape index (κ1) is 16.2. The van der Waals surface area contributed by atoms with Crippen LogP contribution in [0.4, 0.5) is 5.82 Å². The van der Waals surface area contributed by atoms with Gasteiger partial charge < -0.3 is 19.5 Å². The molecule has 0 bridgehead atoms. The van der Waals surface area contributed by atoms with Gasteiger partial charge in [-0.1, -0.05) is 35.0 Å². The van der Waals surface area contributed by atoms with Gasteiger partial charge in [-0.3, -0.25) is 9.59 Å². The quantitative estimate of drug-likeness (QED) is 0.928. The number of hydrogen-bond donors (Lipinski definition) is 1. The van der Waals surface area contributed by atoms with Crippen LogP contribution in [-0.2, 0) is 14.3 Å². The summed E-state index contributed by atoms with van der Waals surface area (Å²) in [6, 6.07) is 8.81. The minimum Gasteiger partial charge on any atom is -0.360 e. The van der Waals surface area contributed by atoms with E-state index in [-0.39, 0.29) is 18.4 Å². The molecule has 3 rings (SSSR count). The Balaban J connectivity index is 1.86. The second-order valence-electron chi connectivity index (χ2n) is 5.90. The van der Waals surface area contributed by atoms with Crippen LogP contribution in [0.25, 0.3) is 0 Å². The molecule has 1 aliphatic heterocycles. The van der Waals surface area contributed by atoms with Crippen LogP contribution in [0.1, 0.15) is 22.9 Å². The predicted molar refractivity (Wildman–Crippen MR) is 86.3 cm³/mol. The van der Waals surface area contributed by atoms with Crippen LogP contribution >= 0.6 is 0 Å². The fourth-order valence-electron chi connectivity index (χ4n) is 2.72. The van der Waals surface area contributed by atoms with Crippen molar-refractivity contribution in [2.75, 3.05) is 19.0 Å². The van der Waals surface area contributed by atoms with Gasteiger partial charge in [0.25, 0.3) is 5.91 Å². The van der Waals surface area contributed by atoms with Gasteiger partial charge in [-0.05, 0) is 19.4 Å². The van der Waals surface area contributed by atoms with Crippen molar-refractivity contribution in [1.29, 1.82) is 0 Å². The van der Waals surface area contributed by atoms with Crippen molar-refractivity contribution in [2.24, 2.45) is 0 Å². The fourth-order valence-corrected chi connectivity index (χ4v) is 2.72. The van der Waals surface area contributed by atoms with Crippen molar-refractivity contribution in [3.8, 4) is 0 Å². The zero-order chi connectivity index (χ0) is 17.3. The first-order chi connectivity index (χ1) is 11.5. The lowest BCUT2D eigenvalue weighted by atomic mass is 9.97. The van der Waals surface area contributed by atoms with E-state index < -0.39 is 12.1 Å². The van der Waals surface area contributed by atoms with Gasteiger partial charge in [-0.2, -0.15) is 0 Å². The minimum absolute atomic E-state index is 0.130. The fraction of sp³-hybridized carbons (Fsp3) is 0.353. The highest BCUT2D eigenvalue weighted by atomic mass is 16.5. The van der Waals surface area contributed by atoms with E-state index in [1.165, 1.54) is 0 Å². The number of amides is 2. The molecule has 0 spiro atoms.